The van der Waals surface area contributed by atoms with Crippen LogP contribution in [-0.4, -0.2) is 23.3 Å². The maximum Gasteiger partial charge on any atom is 0.488 e. The minimum Gasteiger partial charge on any atom is -0.423 e. The molecule has 76 valence electrons. The van der Waals surface area contributed by atoms with Crippen molar-refractivity contribution in [1.82, 2.24) is 0 Å². The summed E-state index contributed by atoms with van der Waals surface area (Å²) >= 11 is 0. The van der Waals surface area contributed by atoms with Crippen LogP contribution in [0.2, 0.25) is 0 Å². The van der Waals surface area contributed by atoms with Gasteiger partial charge in [-0.3, -0.25) is 0 Å². The molecule has 0 spiro atoms. The lowest BCUT2D eigenvalue weighted by molar-refractivity contribution is 0.0660. The van der Waals surface area contributed by atoms with Crippen LogP contribution in [0.3, 0.4) is 0 Å². The monoisotopic (exact) mass is 194 g/mol. The molecule has 3 nitrogen and oxygen atoms in total. The second-order valence-corrected chi connectivity index (χ2v) is 3.43. The lowest BCUT2D eigenvalue weighted by atomic mass is 9.77. The van der Waals surface area contributed by atoms with Crippen LogP contribution in [-0.2, 0) is 11.3 Å². The van der Waals surface area contributed by atoms with Crippen LogP contribution in [0, 0.1) is 0 Å². The molecule has 0 bridgehead atoms. The number of ether oxygens (including phenoxy) is 1. The average molecular weight is 194 g/mol. The fraction of sp³-hybridized carbons (Fsp3) is 0.400. The molecule has 4 heteroatoms. The van der Waals surface area contributed by atoms with E-state index < -0.39 is 7.12 Å². The van der Waals surface area contributed by atoms with Crippen molar-refractivity contribution in [2.75, 3.05) is 0 Å². The molecule has 1 aromatic carbocycles. The van der Waals surface area contributed by atoms with Gasteiger partial charge in [0, 0.05) is 0 Å². The predicted molar refractivity (Wildman–Crippen MR) is 56.2 cm³/mol. The summed E-state index contributed by atoms with van der Waals surface area (Å²) < 4.78 is 5.40. The van der Waals surface area contributed by atoms with Gasteiger partial charge in [0.05, 0.1) is 12.7 Å². The molecule has 14 heavy (non-hydrogen) atoms. The SMILES string of the molecule is CC(C)OCc1ccccc1B(O)O. The largest absolute Gasteiger partial charge is 0.488 e. The van der Waals surface area contributed by atoms with E-state index in [1.807, 2.05) is 26.0 Å². The van der Waals surface area contributed by atoms with Crippen LogP contribution in [0.4, 0.5) is 0 Å². The van der Waals surface area contributed by atoms with Gasteiger partial charge in [-0.15, -0.1) is 0 Å². The summed E-state index contributed by atoms with van der Waals surface area (Å²) in [7, 11) is -1.43. The molecular formula is C10H15BO3. The van der Waals surface area contributed by atoms with Crippen molar-refractivity contribution in [3.8, 4) is 0 Å². The third-order valence-corrected chi connectivity index (χ3v) is 1.91. The number of hydrogen-bond donors (Lipinski definition) is 2. The third-order valence-electron chi connectivity index (χ3n) is 1.91. The van der Waals surface area contributed by atoms with Crippen molar-refractivity contribution >= 4 is 12.6 Å². The van der Waals surface area contributed by atoms with Crippen LogP contribution in [0.15, 0.2) is 24.3 Å². The number of hydrogen-bond acceptors (Lipinski definition) is 3. The lowest BCUT2D eigenvalue weighted by Crippen LogP contribution is -2.33. The lowest BCUT2D eigenvalue weighted by Gasteiger charge is -2.11. The van der Waals surface area contributed by atoms with Gasteiger partial charge in [-0.1, -0.05) is 24.3 Å². The summed E-state index contributed by atoms with van der Waals surface area (Å²) in [5, 5.41) is 18.1. The van der Waals surface area contributed by atoms with Gasteiger partial charge in [-0.2, -0.15) is 0 Å². The quantitative estimate of drug-likeness (QED) is 0.677. The molecule has 0 saturated heterocycles. The zero-order valence-electron chi connectivity index (χ0n) is 8.47. The van der Waals surface area contributed by atoms with Crippen molar-refractivity contribution in [3.05, 3.63) is 29.8 Å². The Hall–Kier alpha value is -0.835. The Morgan fingerprint density at radius 3 is 2.50 bits per heavy atom. The summed E-state index contributed by atoms with van der Waals surface area (Å²) in [6.07, 6.45) is 0.138. The van der Waals surface area contributed by atoms with E-state index in [4.69, 9.17) is 14.8 Å². The molecule has 0 aliphatic rings. The van der Waals surface area contributed by atoms with Crippen molar-refractivity contribution in [1.29, 1.82) is 0 Å². The van der Waals surface area contributed by atoms with E-state index >= 15 is 0 Å². The fourth-order valence-electron chi connectivity index (χ4n) is 1.17. The van der Waals surface area contributed by atoms with Crippen LogP contribution < -0.4 is 5.46 Å². The summed E-state index contributed by atoms with van der Waals surface area (Å²) in [4.78, 5) is 0. The van der Waals surface area contributed by atoms with E-state index in [0.717, 1.165) is 5.56 Å². The normalized spacial score (nSPS) is 10.6. The third kappa shape index (κ3) is 3.14. The van der Waals surface area contributed by atoms with Crippen molar-refractivity contribution in [3.63, 3.8) is 0 Å². The molecule has 0 atom stereocenters. The first kappa shape index (κ1) is 11.2. The average Bonchev–Trinajstić information content (AvgIpc) is 2.15. The maximum atomic E-state index is 9.07. The van der Waals surface area contributed by atoms with Crippen LogP contribution >= 0.6 is 0 Å². The zero-order valence-corrected chi connectivity index (χ0v) is 8.47. The summed E-state index contributed by atoms with van der Waals surface area (Å²) in [5.74, 6) is 0. The molecule has 0 unspecified atom stereocenters. The van der Waals surface area contributed by atoms with Gasteiger partial charge in [0.1, 0.15) is 0 Å². The highest BCUT2D eigenvalue weighted by Gasteiger charge is 2.14. The standard InChI is InChI=1S/C10H15BO3/c1-8(2)14-7-9-5-3-4-6-10(9)11(12)13/h3-6,8,12-13H,7H2,1-2H3. The first-order valence-corrected chi connectivity index (χ1v) is 4.67. The molecular weight excluding hydrogens is 179 g/mol. The highest BCUT2D eigenvalue weighted by Crippen LogP contribution is 2.01. The van der Waals surface area contributed by atoms with Crippen LogP contribution in [0.5, 0.6) is 0 Å². The van der Waals surface area contributed by atoms with E-state index in [-0.39, 0.29) is 6.10 Å². The molecule has 0 fully saturated rings. The zero-order chi connectivity index (χ0) is 10.6. The Kier molecular flexibility index (Phi) is 4.13. The van der Waals surface area contributed by atoms with E-state index in [1.54, 1.807) is 12.1 Å². The number of benzene rings is 1. The van der Waals surface area contributed by atoms with Gasteiger partial charge in [0.15, 0.2) is 0 Å². The molecule has 0 aromatic heterocycles. The molecule has 0 saturated carbocycles. The van der Waals surface area contributed by atoms with Gasteiger partial charge in [-0.05, 0) is 24.9 Å². The van der Waals surface area contributed by atoms with E-state index in [0.29, 0.717) is 12.1 Å². The smallest absolute Gasteiger partial charge is 0.423 e. The minimum atomic E-state index is -1.43. The van der Waals surface area contributed by atoms with Crippen molar-refractivity contribution in [2.24, 2.45) is 0 Å². The van der Waals surface area contributed by atoms with E-state index in [2.05, 4.69) is 0 Å². The minimum absolute atomic E-state index is 0.138. The van der Waals surface area contributed by atoms with Crippen molar-refractivity contribution < 1.29 is 14.8 Å². The summed E-state index contributed by atoms with van der Waals surface area (Å²) in [6.45, 7) is 4.29. The van der Waals surface area contributed by atoms with Crippen LogP contribution in [0.1, 0.15) is 19.4 Å². The first-order valence-electron chi connectivity index (χ1n) is 4.67. The van der Waals surface area contributed by atoms with Gasteiger partial charge in [-0.25, -0.2) is 0 Å². The summed E-state index contributed by atoms with van der Waals surface area (Å²) in [5.41, 5.74) is 1.32. The second kappa shape index (κ2) is 5.15. The topological polar surface area (TPSA) is 49.7 Å². The molecule has 0 aliphatic carbocycles. The Bertz CT molecular complexity index is 286. The molecule has 2 N–H and O–H groups in total. The van der Waals surface area contributed by atoms with Crippen molar-refractivity contribution in [2.45, 2.75) is 26.6 Å². The Morgan fingerprint density at radius 1 is 1.29 bits per heavy atom. The Morgan fingerprint density at radius 2 is 1.93 bits per heavy atom. The molecule has 1 aromatic rings. The molecule has 0 heterocycles. The highest BCUT2D eigenvalue weighted by atomic mass is 16.5. The number of rotatable bonds is 4. The van der Waals surface area contributed by atoms with Gasteiger partial charge in [0.2, 0.25) is 0 Å². The van der Waals surface area contributed by atoms with Gasteiger partial charge in [0.25, 0.3) is 0 Å². The first-order chi connectivity index (χ1) is 6.61. The Balaban J connectivity index is 2.74. The molecule has 0 aliphatic heterocycles. The van der Waals surface area contributed by atoms with E-state index in [9.17, 15) is 0 Å². The fourth-order valence-corrected chi connectivity index (χ4v) is 1.17. The second-order valence-electron chi connectivity index (χ2n) is 3.43. The highest BCUT2D eigenvalue weighted by molar-refractivity contribution is 6.59. The Labute approximate surface area is 84.5 Å². The maximum absolute atomic E-state index is 9.07. The molecule has 0 amide bonds. The molecule has 1 rings (SSSR count). The molecule has 0 radical (unpaired) electrons. The van der Waals surface area contributed by atoms with E-state index in [1.165, 1.54) is 0 Å². The van der Waals surface area contributed by atoms with Crippen LogP contribution in [0.25, 0.3) is 0 Å². The van der Waals surface area contributed by atoms with Gasteiger partial charge >= 0.3 is 7.12 Å². The summed E-state index contributed by atoms with van der Waals surface area (Å²) in [6, 6.07) is 7.14. The van der Waals surface area contributed by atoms with Gasteiger partial charge < -0.3 is 14.8 Å². The predicted octanol–water partition coefficient (Wildman–Crippen LogP) is 0.291.